The van der Waals surface area contributed by atoms with E-state index in [2.05, 4.69) is 55.9 Å². The Hall–Kier alpha value is -3.22. The van der Waals surface area contributed by atoms with Gasteiger partial charge in [0.1, 0.15) is 17.6 Å². The van der Waals surface area contributed by atoms with Crippen molar-refractivity contribution in [2.75, 3.05) is 0 Å². The lowest BCUT2D eigenvalue weighted by Crippen LogP contribution is -2.67. The van der Waals surface area contributed by atoms with Gasteiger partial charge in [-0.15, -0.1) is 6.42 Å². The molecule has 1 saturated carbocycles. The second kappa shape index (κ2) is 8.17. The Morgan fingerprint density at radius 1 is 1.06 bits per heavy atom. The number of nitrogens with zero attached hydrogens (tertiary/aromatic N) is 1. The average molecular weight is 489 g/mol. The van der Waals surface area contributed by atoms with E-state index in [1.165, 1.54) is 12.3 Å². The van der Waals surface area contributed by atoms with Crippen LogP contribution in [0.25, 0.3) is 0 Å². The lowest BCUT2D eigenvalue weighted by atomic mass is 9.99. The molecule has 3 aromatic rings. The molecule has 2 aromatic carbocycles. The smallest absolute Gasteiger partial charge is 0.330 e. The zero-order valence-corrected chi connectivity index (χ0v) is 20.8. The average Bonchev–Trinajstić information content (AvgIpc) is 3.35. The van der Waals surface area contributed by atoms with Crippen molar-refractivity contribution >= 4 is 18.7 Å². The van der Waals surface area contributed by atoms with Gasteiger partial charge in [-0.2, -0.15) is 0 Å². The zero-order valence-electron chi connectivity index (χ0n) is 19.8. The van der Waals surface area contributed by atoms with Crippen molar-refractivity contribution in [2.45, 2.75) is 50.3 Å². The minimum atomic E-state index is -2.93. The van der Waals surface area contributed by atoms with Gasteiger partial charge in [0.2, 0.25) is 0 Å². The van der Waals surface area contributed by atoms with Crippen LogP contribution in [0.15, 0.2) is 82.5 Å². The molecule has 0 spiro atoms. The van der Waals surface area contributed by atoms with Crippen molar-refractivity contribution in [2.24, 2.45) is 5.41 Å². The topological polar surface area (TPSA) is 93.6 Å². The molecule has 1 saturated heterocycles. The molecule has 1 aliphatic carbocycles. The molecule has 2 fully saturated rings. The van der Waals surface area contributed by atoms with Gasteiger partial charge in [-0.1, -0.05) is 87.4 Å². The van der Waals surface area contributed by atoms with E-state index in [9.17, 15) is 14.7 Å². The van der Waals surface area contributed by atoms with Crippen LogP contribution in [-0.2, 0) is 9.16 Å². The van der Waals surface area contributed by atoms with E-state index in [0.717, 1.165) is 14.9 Å². The number of aliphatic hydroxyl groups excluding tert-OH is 1. The molecule has 5 unspecified atom stereocenters. The highest BCUT2D eigenvalue weighted by atomic mass is 28.4. The number of ether oxygens (including phenoxy) is 1. The molecule has 1 aliphatic heterocycles. The molecule has 5 atom stereocenters. The summed E-state index contributed by atoms with van der Waals surface area (Å²) in [4.78, 5) is 26.0. The summed E-state index contributed by atoms with van der Waals surface area (Å²) in [5, 5.41) is 13.2. The fourth-order valence-electron chi connectivity index (χ4n) is 5.46. The molecule has 35 heavy (non-hydrogen) atoms. The first kappa shape index (κ1) is 23.5. The highest BCUT2D eigenvalue weighted by Crippen LogP contribution is 2.63. The van der Waals surface area contributed by atoms with Crippen LogP contribution in [0.4, 0.5) is 0 Å². The number of aromatic amines is 1. The van der Waals surface area contributed by atoms with Crippen molar-refractivity contribution in [3.63, 3.8) is 0 Å². The van der Waals surface area contributed by atoms with E-state index in [0.29, 0.717) is 0 Å². The highest BCUT2D eigenvalue weighted by molar-refractivity contribution is 6.99. The van der Waals surface area contributed by atoms with Gasteiger partial charge in [-0.3, -0.25) is 14.3 Å². The monoisotopic (exact) mass is 488 g/mol. The summed E-state index contributed by atoms with van der Waals surface area (Å²) < 4.78 is 14.4. The molecule has 8 heteroatoms. The molecule has 5 rings (SSSR count). The third-order valence-corrected chi connectivity index (χ3v) is 12.3. The minimum absolute atomic E-state index is 0.275. The number of terminal acetylenes is 1. The largest absolute Gasteiger partial charge is 0.400 e. The molecule has 7 nitrogen and oxygen atoms in total. The van der Waals surface area contributed by atoms with Gasteiger partial charge < -0.3 is 14.3 Å². The van der Waals surface area contributed by atoms with Gasteiger partial charge in [0.15, 0.2) is 6.23 Å². The molecule has 0 radical (unpaired) electrons. The Morgan fingerprint density at radius 2 is 1.63 bits per heavy atom. The second-order valence-corrected chi connectivity index (χ2v) is 14.4. The number of aliphatic hydroxyl groups is 1. The molecule has 180 valence electrons. The normalized spacial score (nSPS) is 27.7. The fraction of sp³-hybridized carbons (Fsp3) is 0.333. The summed E-state index contributed by atoms with van der Waals surface area (Å²) in [6.45, 7) is 6.50. The summed E-state index contributed by atoms with van der Waals surface area (Å²) >= 11 is 0. The third kappa shape index (κ3) is 3.38. The van der Waals surface area contributed by atoms with E-state index >= 15 is 0 Å². The maximum Gasteiger partial charge on any atom is 0.330 e. The Morgan fingerprint density at radius 3 is 2.09 bits per heavy atom. The molecule has 2 heterocycles. The lowest BCUT2D eigenvalue weighted by molar-refractivity contribution is -0.0731. The molecule has 0 bridgehead atoms. The van der Waals surface area contributed by atoms with Crippen LogP contribution in [0.5, 0.6) is 0 Å². The number of H-pyrrole nitrogens is 1. The Bertz CT molecular complexity index is 1350. The van der Waals surface area contributed by atoms with E-state index in [1.807, 2.05) is 36.4 Å². The minimum Gasteiger partial charge on any atom is -0.400 e. The van der Waals surface area contributed by atoms with Crippen molar-refractivity contribution in [3.05, 3.63) is 93.8 Å². The van der Waals surface area contributed by atoms with Gasteiger partial charge in [-0.05, 0) is 15.4 Å². The summed E-state index contributed by atoms with van der Waals surface area (Å²) in [7, 11) is -2.93. The molecular weight excluding hydrogens is 460 g/mol. The molecule has 2 aliphatic rings. The molecule has 2 N–H and O–H groups in total. The van der Waals surface area contributed by atoms with Gasteiger partial charge in [-0.25, -0.2) is 4.79 Å². The predicted molar refractivity (Wildman–Crippen MR) is 135 cm³/mol. The van der Waals surface area contributed by atoms with Crippen LogP contribution in [-0.4, -0.2) is 41.3 Å². The summed E-state index contributed by atoms with van der Waals surface area (Å²) in [5.74, 6) is 2.76. The Labute approximate surface area is 204 Å². The van der Waals surface area contributed by atoms with E-state index in [1.54, 1.807) is 0 Å². The molecule has 1 aromatic heterocycles. The van der Waals surface area contributed by atoms with Crippen LogP contribution in [0.3, 0.4) is 0 Å². The first-order valence-electron chi connectivity index (χ1n) is 11.6. The van der Waals surface area contributed by atoms with Crippen LogP contribution in [0, 0.1) is 17.8 Å². The fourth-order valence-corrected chi connectivity index (χ4v) is 10.2. The van der Waals surface area contributed by atoms with Gasteiger partial charge in [0.05, 0.1) is 6.10 Å². The summed E-state index contributed by atoms with van der Waals surface area (Å²) in [6.07, 6.45) is 3.96. The van der Waals surface area contributed by atoms with Crippen LogP contribution in [0.1, 0.15) is 27.0 Å². The number of nitrogens with one attached hydrogen (secondary N) is 1. The van der Waals surface area contributed by atoms with Crippen LogP contribution in [0.2, 0.25) is 5.04 Å². The maximum absolute atomic E-state index is 12.3. The summed E-state index contributed by atoms with van der Waals surface area (Å²) in [5.41, 5.74) is -2.30. The van der Waals surface area contributed by atoms with E-state index in [4.69, 9.17) is 15.6 Å². The lowest BCUT2D eigenvalue weighted by Gasteiger charge is -2.44. The first-order valence-corrected chi connectivity index (χ1v) is 13.5. The van der Waals surface area contributed by atoms with E-state index in [-0.39, 0.29) is 5.04 Å². The number of rotatable bonds is 5. The Balaban J connectivity index is 1.57. The van der Waals surface area contributed by atoms with Crippen molar-refractivity contribution in [3.8, 4) is 12.3 Å². The number of aromatic nitrogens is 2. The Kier molecular flexibility index (Phi) is 5.49. The van der Waals surface area contributed by atoms with Crippen molar-refractivity contribution in [1.29, 1.82) is 0 Å². The number of hydrogen-bond donors (Lipinski definition) is 2. The highest BCUT2D eigenvalue weighted by Gasteiger charge is 2.79. The SMILES string of the molecule is C#CC12C(O)C(n3ccc(=O)[nH]c3=O)OC1C2O[Si](c1ccccc1)(c1ccccc1)C(C)(C)C. The number of fused-ring (bicyclic) bond motifs is 1. The van der Waals surface area contributed by atoms with Gasteiger partial charge in [0.25, 0.3) is 13.9 Å². The quantitative estimate of drug-likeness (QED) is 0.418. The van der Waals surface area contributed by atoms with Gasteiger partial charge in [0, 0.05) is 12.3 Å². The first-order chi connectivity index (χ1) is 16.7. The van der Waals surface area contributed by atoms with E-state index < -0.39 is 49.5 Å². The second-order valence-electron chi connectivity index (χ2n) is 10.2. The maximum atomic E-state index is 12.3. The van der Waals surface area contributed by atoms with Crippen molar-refractivity contribution < 1.29 is 14.3 Å². The standard InChI is InChI=1S/C27H28N2O5Si/c1-5-27-21(31)24(29-17-16-20(30)28-25(29)32)33-22(27)23(27)34-35(26(2,3)4,18-12-8-6-9-13-18)19-14-10-7-11-15-19/h1,6-17,21-24,31H,2-4H3,(H,28,30,32). The predicted octanol–water partition coefficient (Wildman–Crippen LogP) is 1.37. The number of hydrogen-bond acceptors (Lipinski definition) is 5. The molecule has 0 amide bonds. The van der Waals surface area contributed by atoms with Crippen molar-refractivity contribution in [1.82, 2.24) is 9.55 Å². The van der Waals surface area contributed by atoms with Crippen LogP contribution >= 0.6 is 0 Å². The zero-order chi connectivity index (χ0) is 25.0. The number of benzene rings is 2. The van der Waals surface area contributed by atoms with Gasteiger partial charge >= 0.3 is 5.69 Å². The summed E-state index contributed by atoms with van der Waals surface area (Å²) in [6, 6.07) is 21.5. The van der Waals surface area contributed by atoms with Crippen LogP contribution < -0.4 is 21.6 Å². The third-order valence-electron chi connectivity index (χ3n) is 7.25. The molecular formula is C27H28N2O5Si.